The maximum absolute atomic E-state index is 10.9. The zero-order valence-electron chi connectivity index (χ0n) is 8.02. The van der Waals surface area contributed by atoms with Crippen molar-refractivity contribution in [1.29, 1.82) is 0 Å². The van der Waals surface area contributed by atoms with Crippen LogP contribution in [0.25, 0.3) is 0 Å². The first kappa shape index (κ1) is 11.2. The minimum atomic E-state index is 0.121. The van der Waals surface area contributed by atoms with Crippen LogP contribution in [0.5, 0.6) is 0 Å². The van der Waals surface area contributed by atoms with Crippen LogP contribution in [0.1, 0.15) is 26.7 Å². The lowest BCUT2D eigenvalue weighted by molar-refractivity contribution is -0.122. The van der Waals surface area contributed by atoms with E-state index in [-0.39, 0.29) is 12.4 Å². The maximum atomic E-state index is 10.9. The molecule has 12 heavy (non-hydrogen) atoms. The molecule has 0 bridgehead atoms. The third-order valence-corrected chi connectivity index (χ3v) is 1.22. The quantitative estimate of drug-likeness (QED) is 0.596. The Balaban J connectivity index is 3.45. The van der Waals surface area contributed by atoms with E-state index in [1.165, 1.54) is 7.11 Å². The van der Waals surface area contributed by atoms with Crippen LogP contribution < -0.4 is 0 Å². The Morgan fingerprint density at radius 3 is 2.67 bits per heavy atom. The van der Waals surface area contributed by atoms with Crippen molar-refractivity contribution < 1.29 is 9.53 Å². The molecule has 0 saturated carbocycles. The molecule has 0 amide bonds. The first-order valence-corrected chi connectivity index (χ1v) is 4.16. The molecule has 0 aliphatic rings. The Hall–Kier alpha value is -0.810. The molecule has 0 heterocycles. The van der Waals surface area contributed by atoms with Crippen LogP contribution in [0.4, 0.5) is 0 Å². The van der Waals surface area contributed by atoms with Gasteiger partial charge in [-0.1, -0.05) is 13.8 Å². The molecule has 0 fully saturated rings. The van der Waals surface area contributed by atoms with Crippen LogP contribution in [-0.2, 0) is 9.53 Å². The summed E-state index contributed by atoms with van der Waals surface area (Å²) in [6.07, 6.45) is 1.16. The molecule has 0 radical (unpaired) electrons. The van der Waals surface area contributed by atoms with Gasteiger partial charge in [-0.25, -0.2) is 0 Å². The number of hydrogen-bond acceptors (Lipinski definition) is 2. The summed E-state index contributed by atoms with van der Waals surface area (Å²) in [5.41, 5.74) is 0. The van der Waals surface area contributed by atoms with Crippen LogP contribution >= 0.6 is 0 Å². The summed E-state index contributed by atoms with van der Waals surface area (Å²) in [7, 11) is 1.53. The van der Waals surface area contributed by atoms with Crippen LogP contribution in [0.3, 0.4) is 0 Å². The van der Waals surface area contributed by atoms with E-state index in [0.29, 0.717) is 18.8 Å². The third kappa shape index (κ3) is 7.30. The summed E-state index contributed by atoms with van der Waals surface area (Å²) in [5.74, 6) is 6.46. The summed E-state index contributed by atoms with van der Waals surface area (Å²) in [6, 6.07) is 0. The van der Waals surface area contributed by atoms with Crippen molar-refractivity contribution >= 4 is 5.78 Å². The molecule has 0 atom stereocenters. The number of methoxy groups -OCH3 is 1. The topological polar surface area (TPSA) is 26.3 Å². The van der Waals surface area contributed by atoms with Crippen molar-refractivity contribution in [2.45, 2.75) is 26.7 Å². The van der Waals surface area contributed by atoms with E-state index in [9.17, 15) is 4.79 Å². The van der Waals surface area contributed by atoms with Crippen LogP contribution in [-0.4, -0.2) is 19.5 Å². The first-order chi connectivity index (χ1) is 5.66. The van der Waals surface area contributed by atoms with E-state index in [1.807, 2.05) is 13.8 Å². The molecule has 0 saturated heterocycles. The molecule has 0 unspecified atom stereocenters. The molecular formula is C10H16O2. The Bertz CT molecular complexity index is 184. The number of carbonyl (C=O) groups is 1. The molecule has 0 aromatic rings. The first-order valence-electron chi connectivity index (χ1n) is 4.16. The molecular weight excluding hydrogens is 152 g/mol. The van der Waals surface area contributed by atoms with Gasteiger partial charge in [-0.15, -0.1) is 11.8 Å². The monoisotopic (exact) mass is 168 g/mol. The lowest BCUT2D eigenvalue weighted by atomic mass is 10.2. The highest BCUT2D eigenvalue weighted by molar-refractivity contribution is 5.79. The van der Waals surface area contributed by atoms with Crippen molar-refractivity contribution in [3.05, 3.63) is 0 Å². The van der Waals surface area contributed by atoms with E-state index in [4.69, 9.17) is 0 Å². The van der Waals surface area contributed by atoms with Gasteiger partial charge in [0.15, 0.2) is 5.78 Å². The van der Waals surface area contributed by atoms with Gasteiger partial charge in [0.05, 0.1) is 0 Å². The molecule has 2 nitrogen and oxygen atoms in total. The molecule has 0 aromatic heterocycles. The summed E-state index contributed by atoms with van der Waals surface area (Å²) in [4.78, 5) is 10.9. The zero-order chi connectivity index (χ0) is 9.40. The number of ether oxygens (including phenoxy) is 1. The second-order valence-electron chi connectivity index (χ2n) is 2.95. The molecule has 0 spiro atoms. The van der Waals surface area contributed by atoms with Crippen molar-refractivity contribution in [2.24, 2.45) is 5.92 Å². The SMILES string of the molecule is COCC(=O)CCC#CC(C)C. The van der Waals surface area contributed by atoms with Gasteiger partial charge in [0, 0.05) is 25.9 Å². The normalized spacial score (nSPS) is 9.33. The highest BCUT2D eigenvalue weighted by Crippen LogP contribution is 1.92. The minimum absolute atomic E-state index is 0.121. The van der Waals surface area contributed by atoms with Gasteiger partial charge in [0.1, 0.15) is 6.61 Å². The van der Waals surface area contributed by atoms with Crippen LogP contribution in [0, 0.1) is 17.8 Å². The van der Waals surface area contributed by atoms with Gasteiger partial charge < -0.3 is 4.74 Å². The Labute approximate surface area is 74.3 Å². The van der Waals surface area contributed by atoms with Gasteiger partial charge >= 0.3 is 0 Å². The van der Waals surface area contributed by atoms with Crippen molar-refractivity contribution in [3.8, 4) is 11.8 Å². The largest absolute Gasteiger partial charge is 0.377 e. The number of Topliss-reactive ketones (excluding diaryl/α,β-unsaturated/α-hetero) is 1. The fourth-order valence-electron chi connectivity index (χ4n) is 0.711. The lowest BCUT2D eigenvalue weighted by Crippen LogP contribution is -2.05. The number of carbonyl (C=O) groups excluding carboxylic acids is 1. The zero-order valence-corrected chi connectivity index (χ0v) is 8.02. The summed E-state index contributed by atoms with van der Waals surface area (Å²) < 4.78 is 4.68. The van der Waals surface area contributed by atoms with Gasteiger partial charge in [0.25, 0.3) is 0 Å². The molecule has 0 aromatic carbocycles. The van der Waals surface area contributed by atoms with E-state index in [1.54, 1.807) is 0 Å². The average molecular weight is 168 g/mol. The Morgan fingerprint density at radius 2 is 2.17 bits per heavy atom. The summed E-state index contributed by atoms with van der Waals surface area (Å²) >= 11 is 0. The minimum Gasteiger partial charge on any atom is -0.377 e. The van der Waals surface area contributed by atoms with Crippen molar-refractivity contribution in [2.75, 3.05) is 13.7 Å². The van der Waals surface area contributed by atoms with Gasteiger partial charge in [0.2, 0.25) is 0 Å². The maximum Gasteiger partial charge on any atom is 0.159 e. The number of hydrogen-bond donors (Lipinski definition) is 0. The second-order valence-corrected chi connectivity index (χ2v) is 2.95. The lowest BCUT2D eigenvalue weighted by Gasteiger charge is -1.94. The van der Waals surface area contributed by atoms with Gasteiger partial charge in [-0.3, -0.25) is 4.79 Å². The third-order valence-electron chi connectivity index (χ3n) is 1.22. The Morgan fingerprint density at radius 1 is 1.50 bits per heavy atom. The smallest absolute Gasteiger partial charge is 0.159 e. The van der Waals surface area contributed by atoms with Gasteiger partial charge in [-0.05, 0) is 0 Å². The highest BCUT2D eigenvalue weighted by atomic mass is 16.5. The second kappa shape index (κ2) is 6.87. The average Bonchev–Trinajstić information content (AvgIpc) is 1.98. The fourth-order valence-corrected chi connectivity index (χ4v) is 0.711. The van der Waals surface area contributed by atoms with Crippen molar-refractivity contribution in [3.63, 3.8) is 0 Å². The Kier molecular flexibility index (Phi) is 6.41. The predicted octanol–water partition coefficient (Wildman–Crippen LogP) is 1.64. The van der Waals surface area contributed by atoms with E-state index >= 15 is 0 Å². The van der Waals surface area contributed by atoms with E-state index in [2.05, 4.69) is 16.6 Å². The van der Waals surface area contributed by atoms with Crippen molar-refractivity contribution in [1.82, 2.24) is 0 Å². The molecule has 0 rings (SSSR count). The fraction of sp³-hybridized carbons (Fsp3) is 0.700. The molecule has 68 valence electrons. The molecule has 2 heteroatoms. The molecule has 0 aliphatic carbocycles. The predicted molar refractivity (Wildman–Crippen MR) is 48.7 cm³/mol. The summed E-state index contributed by atoms with van der Waals surface area (Å²) in [5, 5.41) is 0. The van der Waals surface area contributed by atoms with E-state index < -0.39 is 0 Å². The van der Waals surface area contributed by atoms with Crippen LogP contribution in [0.15, 0.2) is 0 Å². The molecule has 0 aliphatic heterocycles. The molecule has 0 N–H and O–H groups in total. The van der Waals surface area contributed by atoms with Gasteiger partial charge in [-0.2, -0.15) is 0 Å². The van der Waals surface area contributed by atoms with E-state index in [0.717, 1.165) is 0 Å². The number of ketones is 1. The number of rotatable bonds is 4. The van der Waals surface area contributed by atoms with Crippen LogP contribution in [0.2, 0.25) is 0 Å². The highest BCUT2D eigenvalue weighted by Gasteiger charge is 1.97. The summed E-state index contributed by atoms with van der Waals surface area (Å²) in [6.45, 7) is 4.28. The standard InChI is InChI=1S/C10H16O2/c1-9(2)6-4-5-7-10(11)8-12-3/h9H,5,7-8H2,1-3H3.